The molecule has 0 heterocycles. The first-order chi connectivity index (χ1) is 8.17. The van der Waals surface area contributed by atoms with Gasteiger partial charge in [-0.15, -0.1) is 0 Å². The molecule has 4 nitrogen and oxygen atoms in total. The van der Waals surface area contributed by atoms with E-state index in [1.165, 1.54) is 0 Å². The molecule has 0 radical (unpaired) electrons. The van der Waals surface area contributed by atoms with E-state index in [9.17, 15) is 9.90 Å². The molecule has 1 amide bonds. The van der Waals surface area contributed by atoms with E-state index in [0.29, 0.717) is 6.42 Å². The zero-order valence-electron chi connectivity index (χ0n) is 10.3. The Kier molecular flexibility index (Phi) is 5.49. The fourth-order valence-corrected chi connectivity index (χ4v) is 1.47. The quantitative estimate of drug-likeness (QED) is 0.791. The molecule has 0 bridgehead atoms. The third-order valence-corrected chi connectivity index (χ3v) is 2.47. The van der Waals surface area contributed by atoms with Crippen LogP contribution in [0.3, 0.4) is 0 Å². The summed E-state index contributed by atoms with van der Waals surface area (Å²) in [5, 5.41) is 12.5. The van der Waals surface area contributed by atoms with Gasteiger partial charge in [0, 0.05) is 13.0 Å². The summed E-state index contributed by atoms with van der Waals surface area (Å²) in [6, 6.07) is 7.14. The minimum atomic E-state index is -0.679. The van der Waals surface area contributed by atoms with Crippen LogP contribution in [0.5, 0.6) is 5.75 Å². The number of hydrogen-bond donors (Lipinski definition) is 2. The Bertz CT molecular complexity index is 348. The van der Waals surface area contributed by atoms with Crippen molar-refractivity contribution < 1.29 is 14.6 Å². The highest BCUT2D eigenvalue weighted by Gasteiger charge is 2.08. The first kappa shape index (κ1) is 13.5. The van der Waals surface area contributed by atoms with Gasteiger partial charge in [-0.1, -0.05) is 19.1 Å². The molecule has 1 atom stereocenters. The predicted octanol–water partition coefficient (Wildman–Crippen LogP) is 1.64. The van der Waals surface area contributed by atoms with Gasteiger partial charge in [0.1, 0.15) is 5.75 Å². The second kappa shape index (κ2) is 6.91. The number of hydrogen-bond acceptors (Lipinski definition) is 3. The smallest absolute Gasteiger partial charge is 0.220 e. The molecule has 0 unspecified atom stereocenters. The average Bonchev–Trinajstić information content (AvgIpc) is 2.36. The summed E-state index contributed by atoms with van der Waals surface area (Å²) < 4.78 is 5.03. The van der Waals surface area contributed by atoms with Gasteiger partial charge in [0.25, 0.3) is 0 Å². The monoisotopic (exact) mass is 237 g/mol. The maximum absolute atomic E-state index is 11.2. The van der Waals surface area contributed by atoms with Gasteiger partial charge in [-0.2, -0.15) is 0 Å². The van der Waals surface area contributed by atoms with Gasteiger partial charge in [0.15, 0.2) is 0 Å². The third kappa shape index (κ3) is 4.44. The van der Waals surface area contributed by atoms with Gasteiger partial charge in [0.05, 0.1) is 13.2 Å². The summed E-state index contributed by atoms with van der Waals surface area (Å²) in [5.74, 6) is 0.719. The van der Waals surface area contributed by atoms with Crippen LogP contribution in [0.2, 0.25) is 0 Å². The van der Waals surface area contributed by atoms with Crippen LogP contribution < -0.4 is 10.1 Å². The number of aliphatic hydroxyl groups excluding tert-OH is 1. The minimum absolute atomic E-state index is 0.0277. The summed E-state index contributed by atoms with van der Waals surface area (Å²) in [6.45, 7) is 2.19. The zero-order chi connectivity index (χ0) is 12.7. The van der Waals surface area contributed by atoms with Crippen LogP contribution in [-0.4, -0.2) is 24.7 Å². The molecule has 94 valence electrons. The SMILES string of the molecule is CCCC(=O)NC[C@H](O)c1ccc(OC)cc1. The van der Waals surface area contributed by atoms with E-state index in [2.05, 4.69) is 5.32 Å². The molecule has 1 rings (SSSR count). The van der Waals surface area contributed by atoms with Crippen LogP contribution in [0.25, 0.3) is 0 Å². The molecule has 17 heavy (non-hydrogen) atoms. The Morgan fingerprint density at radius 2 is 2.06 bits per heavy atom. The number of rotatable bonds is 6. The van der Waals surface area contributed by atoms with Crippen LogP contribution >= 0.6 is 0 Å². The molecule has 1 aromatic rings. The predicted molar refractivity (Wildman–Crippen MR) is 65.9 cm³/mol. The number of ether oxygens (including phenoxy) is 1. The van der Waals surface area contributed by atoms with Crippen molar-refractivity contribution in [1.29, 1.82) is 0 Å². The molecule has 0 spiro atoms. The summed E-state index contributed by atoms with van der Waals surface area (Å²) >= 11 is 0. The van der Waals surface area contributed by atoms with E-state index in [4.69, 9.17) is 4.74 Å². The highest BCUT2D eigenvalue weighted by Crippen LogP contribution is 2.16. The standard InChI is InChI=1S/C13H19NO3/c1-3-4-13(16)14-9-12(15)10-5-7-11(17-2)8-6-10/h5-8,12,15H,3-4,9H2,1-2H3,(H,14,16)/t12-/m0/s1. The van der Waals surface area contributed by atoms with Crippen molar-refractivity contribution in [2.24, 2.45) is 0 Å². The fourth-order valence-electron chi connectivity index (χ4n) is 1.47. The Balaban J connectivity index is 2.46. The molecule has 1 aromatic carbocycles. The van der Waals surface area contributed by atoms with Crippen molar-refractivity contribution >= 4 is 5.91 Å². The summed E-state index contributed by atoms with van der Waals surface area (Å²) in [7, 11) is 1.59. The summed E-state index contributed by atoms with van der Waals surface area (Å²) in [5.41, 5.74) is 0.766. The van der Waals surface area contributed by atoms with E-state index in [0.717, 1.165) is 17.7 Å². The number of benzene rings is 1. The second-order valence-corrected chi connectivity index (χ2v) is 3.84. The average molecular weight is 237 g/mol. The number of carbonyl (C=O) groups excluding carboxylic acids is 1. The number of methoxy groups -OCH3 is 1. The number of amides is 1. The minimum Gasteiger partial charge on any atom is -0.497 e. The lowest BCUT2D eigenvalue weighted by atomic mass is 10.1. The molecule has 0 saturated heterocycles. The van der Waals surface area contributed by atoms with Gasteiger partial charge in [-0.05, 0) is 24.1 Å². The lowest BCUT2D eigenvalue weighted by Crippen LogP contribution is -2.27. The Labute approximate surface area is 102 Å². The maximum Gasteiger partial charge on any atom is 0.220 e. The summed E-state index contributed by atoms with van der Waals surface area (Å²) in [4.78, 5) is 11.2. The van der Waals surface area contributed by atoms with Crippen LogP contribution in [0.15, 0.2) is 24.3 Å². The first-order valence-electron chi connectivity index (χ1n) is 5.76. The van der Waals surface area contributed by atoms with Crippen molar-refractivity contribution in [3.05, 3.63) is 29.8 Å². The molecule has 4 heteroatoms. The molecule has 0 fully saturated rings. The number of carbonyl (C=O) groups is 1. The Morgan fingerprint density at radius 1 is 1.41 bits per heavy atom. The molecule has 0 saturated carbocycles. The maximum atomic E-state index is 11.2. The molecular formula is C13H19NO3. The highest BCUT2D eigenvalue weighted by molar-refractivity contribution is 5.75. The lowest BCUT2D eigenvalue weighted by Gasteiger charge is -2.12. The lowest BCUT2D eigenvalue weighted by molar-refractivity contribution is -0.121. The topological polar surface area (TPSA) is 58.6 Å². The molecular weight excluding hydrogens is 218 g/mol. The van der Waals surface area contributed by atoms with Gasteiger partial charge in [-0.3, -0.25) is 4.79 Å². The Hall–Kier alpha value is -1.55. The van der Waals surface area contributed by atoms with Crippen molar-refractivity contribution in [3.63, 3.8) is 0 Å². The van der Waals surface area contributed by atoms with E-state index in [-0.39, 0.29) is 12.5 Å². The van der Waals surface area contributed by atoms with Crippen LogP contribution in [0, 0.1) is 0 Å². The molecule has 2 N–H and O–H groups in total. The second-order valence-electron chi connectivity index (χ2n) is 3.84. The highest BCUT2D eigenvalue weighted by atomic mass is 16.5. The fraction of sp³-hybridized carbons (Fsp3) is 0.462. The van der Waals surface area contributed by atoms with Crippen molar-refractivity contribution in [2.45, 2.75) is 25.9 Å². The van der Waals surface area contributed by atoms with E-state index in [1.807, 2.05) is 6.92 Å². The van der Waals surface area contributed by atoms with Crippen molar-refractivity contribution in [1.82, 2.24) is 5.32 Å². The van der Waals surface area contributed by atoms with Crippen LogP contribution in [0.1, 0.15) is 31.4 Å². The van der Waals surface area contributed by atoms with E-state index >= 15 is 0 Å². The summed E-state index contributed by atoms with van der Waals surface area (Å²) in [6.07, 6.45) is 0.626. The van der Waals surface area contributed by atoms with Crippen molar-refractivity contribution in [2.75, 3.05) is 13.7 Å². The van der Waals surface area contributed by atoms with E-state index in [1.54, 1.807) is 31.4 Å². The van der Waals surface area contributed by atoms with Gasteiger partial charge >= 0.3 is 0 Å². The molecule has 0 aliphatic rings. The molecule has 0 aliphatic heterocycles. The van der Waals surface area contributed by atoms with E-state index < -0.39 is 6.10 Å². The molecule has 0 aliphatic carbocycles. The van der Waals surface area contributed by atoms with Gasteiger partial charge in [0.2, 0.25) is 5.91 Å². The normalized spacial score (nSPS) is 11.9. The largest absolute Gasteiger partial charge is 0.497 e. The Morgan fingerprint density at radius 3 is 2.59 bits per heavy atom. The van der Waals surface area contributed by atoms with Gasteiger partial charge in [-0.25, -0.2) is 0 Å². The van der Waals surface area contributed by atoms with Crippen LogP contribution in [0.4, 0.5) is 0 Å². The van der Waals surface area contributed by atoms with Crippen LogP contribution in [-0.2, 0) is 4.79 Å². The zero-order valence-corrected chi connectivity index (χ0v) is 10.3. The number of aliphatic hydroxyl groups is 1. The van der Waals surface area contributed by atoms with Crippen molar-refractivity contribution in [3.8, 4) is 5.75 Å². The van der Waals surface area contributed by atoms with Gasteiger partial charge < -0.3 is 15.2 Å². The molecule has 0 aromatic heterocycles. The third-order valence-electron chi connectivity index (χ3n) is 2.47. The first-order valence-corrected chi connectivity index (χ1v) is 5.76. The number of nitrogens with one attached hydrogen (secondary N) is 1.